The van der Waals surface area contributed by atoms with Gasteiger partial charge in [-0.25, -0.2) is 0 Å². The van der Waals surface area contributed by atoms with E-state index in [1.165, 1.54) is 0 Å². The maximum absolute atomic E-state index is 12.2. The van der Waals surface area contributed by atoms with E-state index in [0.717, 1.165) is 5.56 Å². The number of nitrogens with one attached hydrogen (secondary N) is 1. The minimum atomic E-state index is -0.180. The van der Waals surface area contributed by atoms with Crippen LogP contribution in [0.2, 0.25) is 0 Å². The molecule has 1 rings (SSSR count). The van der Waals surface area contributed by atoms with E-state index in [2.05, 4.69) is 44.9 Å². The van der Waals surface area contributed by atoms with Crippen LogP contribution in [0, 0.1) is 29.6 Å². The molecule has 1 aromatic rings. The standard InChI is InChI=1S/C18H25NO2/c1-13(2)17(14(3)4)12-19-18(21)16-9-5-7-15(11-16)8-6-10-20/h5,7,9,11,13-14,17,20H,10,12H2,1-4H3,(H,19,21). The summed E-state index contributed by atoms with van der Waals surface area (Å²) in [5, 5.41) is 11.7. The summed E-state index contributed by atoms with van der Waals surface area (Å²) in [7, 11) is 0. The highest BCUT2D eigenvalue weighted by molar-refractivity contribution is 5.94. The number of hydrogen-bond acceptors (Lipinski definition) is 2. The Bertz CT molecular complexity index is 516. The lowest BCUT2D eigenvalue weighted by atomic mass is 9.85. The van der Waals surface area contributed by atoms with Gasteiger partial charge < -0.3 is 10.4 Å². The molecule has 0 aromatic heterocycles. The van der Waals surface area contributed by atoms with Gasteiger partial charge in [0.05, 0.1) is 0 Å². The van der Waals surface area contributed by atoms with E-state index in [-0.39, 0.29) is 12.5 Å². The van der Waals surface area contributed by atoms with Gasteiger partial charge in [0.1, 0.15) is 6.61 Å². The lowest BCUT2D eigenvalue weighted by Gasteiger charge is -2.25. The lowest BCUT2D eigenvalue weighted by molar-refractivity contribution is 0.0937. The predicted molar refractivity (Wildman–Crippen MR) is 85.9 cm³/mol. The van der Waals surface area contributed by atoms with Crippen molar-refractivity contribution in [2.45, 2.75) is 27.7 Å². The number of aliphatic hydroxyl groups excluding tert-OH is 1. The van der Waals surface area contributed by atoms with Crippen LogP contribution in [0.25, 0.3) is 0 Å². The molecule has 0 saturated heterocycles. The second-order valence-corrected chi connectivity index (χ2v) is 5.90. The molecule has 0 aliphatic carbocycles. The fourth-order valence-corrected chi connectivity index (χ4v) is 2.43. The fraction of sp³-hybridized carbons (Fsp3) is 0.500. The highest BCUT2D eigenvalue weighted by Crippen LogP contribution is 2.19. The molecule has 0 aliphatic heterocycles. The summed E-state index contributed by atoms with van der Waals surface area (Å²) >= 11 is 0. The lowest BCUT2D eigenvalue weighted by Crippen LogP contribution is -2.33. The minimum absolute atomic E-state index is 0.0750. The summed E-state index contributed by atoms with van der Waals surface area (Å²) < 4.78 is 0. The van der Waals surface area contributed by atoms with Gasteiger partial charge in [-0.2, -0.15) is 0 Å². The van der Waals surface area contributed by atoms with Crippen LogP contribution in [0.15, 0.2) is 24.3 Å². The van der Waals surface area contributed by atoms with Crippen LogP contribution in [0.3, 0.4) is 0 Å². The normalized spacial score (nSPS) is 10.7. The van der Waals surface area contributed by atoms with Gasteiger partial charge in [-0.05, 0) is 36.0 Å². The Morgan fingerprint density at radius 1 is 1.24 bits per heavy atom. The monoisotopic (exact) mass is 287 g/mol. The first-order chi connectivity index (χ1) is 9.95. The molecule has 0 atom stereocenters. The van der Waals surface area contributed by atoms with Crippen LogP contribution < -0.4 is 5.32 Å². The van der Waals surface area contributed by atoms with E-state index in [1.54, 1.807) is 18.2 Å². The van der Waals surface area contributed by atoms with Crippen molar-refractivity contribution in [2.75, 3.05) is 13.2 Å². The Kier molecular flexibility index (Phi) is 6.98. The first kappa shape index (κ1) is 17.3. The average molecular weight is 287 g/mol. The highest BCUT2D eigenvalue weighted by atomic mass is 16.2. The molecule has 0 unspecified atom stereocenters. The summed E-state index contributed by atoms with van der Waals surface area (Å²) in [4.78, 5) is 12.2. The molecule has 1 aromatic carbocycles. The van der Waals surface area contributed by atoms with E-state index < -0.39 is 0 Å². The summed E-state index contributed by atoms with van der Waals surface area (Å²) in [6, 6.07) is 7.15. The minimum Gasteiger partial charge on any atom is -0.384 e. The fourth-order valence-electron chi connectivity index (χ4n) is 2.43. The van der Waals surface area contributed by atoms with Crippen molar-refractivity contribution in [1.29, 1.82) is 0 Å². The Morgan fingerprint density at radius 3 is 2.48 bits per heavy atom. The molecule has 0 saturated carbocycles. The summed E-state index contributed by atoms with van der Waals surface area (Å²) in [6.45, 7) is 9.23. The van der Waals surface area contributed by atoms with Gasteiger partial charge in [-0.15, -0.1) is 0 Å². The first-order valence-corrected chi connectivity index (χ1v) is 7.43. The topological polar surface area (TPSA) is 49.3 Å². The van der Waals surface area contributed by atoms with Gasteiger partial charge in [0.15, 0.2) is 0 Å². The summed E-state index contributed by atoms with van der Waals surface area (Å²) in [5.41, 5.74) is 1.34. The Labute approximate surface area is 127 Å². The van der Waals surface area contributed by atoms with Crippen LogP contribution >= 0.6 is 0 Å². The molecule has 3 nitrogen and oxygen atoms in total. The zero-order chi connectivity index (χ0) is 15.8. The van der Waals surface area contributed by atoms with Crippen molar-refractivity contribution in [3.8, 4) is 11.8 Å². The summed E-state index contributed by atoms with van der Waals surface area (Å²) in [6.07, 6.45) is 0. The molecule has 0 spiro atoms. The van der Waals surface area contributed by atoms with Crippen LogP contribution in [-0.4, -0.2) is 24.2 Å². The SMILES string of the molecule is CC(C)C(CNC(=O)c1cccc(C#CCO)c1)C(C)C. The van der Waals surface area contributed by atoms with Gasteiger partial charge in [0.2, 0.25) is 0 Å². The highest BCUT2D eigenvalue weighted by Gasteiger charge is 2.18. The van der Waals surface area contributed by atoms with Crippen molar-refractivity contribution < 1.29 is 9.90 Å². The van der Waals surface area contributed by atoms with Crippen molar-refractivity contribution >= 4 is 5.91 Å². The molecule has 0 fully saturated rings. The van der Waals surface area contributed by atoms with Crippen LogP contribution in [0.4, 0.5) is 0 Å². The Morgan fingerprint density at radius 2 is 1.90 bits per heavy atom. The molecule has 114 valence electrons. The third-order valence-electron chi connectivity index (χ3n) is 3.65. The molecule has 0 radical (unpaired) electrons. The van der Waals surface area contributed by atoms with Crippen LogP contribution in [-0.2, 0) is 0 Å². The second-order valence-electron chi connectivity index (χ2n) is 5.90. The maximum Gasteiger partial charge on any atom is 0.251 e. The molecule has 0 heterocycles. The van der Waals surface area contributed by atoms with Crippen LogP contribution in [0.5, 0.6) is 0 Å². The quantitative estimate of drug-likeness (QED) is 0.818. The number of hydrogen-bond donors (Lipinski definition) is 2. The third-order valence-corrected chi connectivity index (χ3v) is 3.65. The summed E-state index contributed by atoms with van der Waals surface area (Å²) in [5.74, 6) is 6.85. The molecule has 2 N–H and O–H groups in total. The molecule has 0 aliphatic rings. The van der Waals surface area contributed by atoms with E-state index in [9.17, 15) is 4.79 Å². The van der Waals surface area contributed by atoms with Crippen molar-refractivity contribution in [2.24, 2.45) is 17.8 Å². The number of benzene rings is 1. The molecule has 0 bridgehead atoms. The van der Waals surface area contributed by atoms with Crippen molar-refractivity contribution in [3.05, 3.63) is 35.4 Å². The Hall–Kier alpha value is -1.79. The zero-order valence-electron chi connectivity index (χ0n) is 13.3. The predicted octanol–water partition coefficient (Wildman–Crippen LogP) is 2.69. The van der Waals surface area contributed by atoms with Crippen molar-refractivity contribution in [3.63, 3.8) is 0 Å². The molecule has 21 heavy (non-hydrogen) atoms. The molecular weight excluding hydrogens is 262 g/mol. The Balaban J connectivity index is 2.71. The van der Waals surface area contributed by atoms with E-state index in [4.69, 9.17) is 5.11 Å². The van der Waals surface area contributed by atoms with E-state index in [0.29, 0.717) is 29.9 Å². The zero-order valence-corrected chi connectivity index (χ0v) is 13.3. The van der Waals surface area contributed by atoms with Gasteiger partial charge in [0, 0.05) is 17.7 Å². The third kappa shape index (κ3) is 5.61. The molecule has 3 heteroatoms. The van der Waals surface area contributed by atoms with E-state index in [1.807, 2.05) is 6.07 Å². The van der Waals surface area contributed by atoms with Gasteiger partial charge in [-0.3, -0.25) is 4.79 Å². The first-order valence-electron chi connectivity index (χ1n) is 7.43. The smallest absolute Gasteiger partial charge is 0.251 e. The number of rotatable bonds is 5. The van der Waals surface area contributed by atoms with Gasteiger partial charge in [-0.1, -0.05) is 45.6 Å². The molecular formula is C18H25NO2. The number of amides is 1. The number of aliphatic hydroxyl groups is 1. The van der Waals surface area contributed by atoms with Gasteiger partial charge >= 0.3 is 0 Å². The largest absolute Gasteiger partial charge is 0.384 e. The van der Waals surface area contributed by atoms with Gasteiger partial charge in [0.25, 0.3) is 5.91 Å². The van der Waals surface area contributed by atoms with E-state index >= 15 is 0 Å². The average Bonchev–Trinajstić information content (AvgIpc) is 2.44. The maximum atomic E-state index is 12.2. The molecule has 1 amide bonds. The second kappa shape index (κ2) is 8.49. The van der Waals surface area contributed by atoms with Crippen LogP contribution in [0.1, 0.15) is 43.6 Å². The number of carbonyl (C=O) groups is 1. The number of carbonyl (C=O) groups excluding carboxylic acids is 1. The van der Waals surface area contributed by atoms with Crippen molar-refractivity contribution in [1.82, 2.24) is 5.32 Å².